The van der Waals surface area contributed by atoms with Gasteiger partial charge in [-0.25, -0.2) is 13.1 Å². The van der Waals surface area contributed by atoms with Gasteiger partial charge in [0.15, 0.2) is 0 Å². The van der Waals surface area contributed by atoms with Crippen molar-refractivity contribution >= 4 is 10.0 Å². The first-order valence-corrected chi connectivity index (χ1v) is 8.50. The van der Waals surface area contributed by atoms with E-state index in [4.69, 9.17) is 5.73 Å². The molecule has 106 valence electrons. The summed E-state index contributed by atoms with van der Waals surface area (Å²) in [5.74, 6) is 0.867. The summed E-state index contributed by atoms with van der Waals surface area (Å²) in [6, 6.07) is 7.42. The van der Waals surface area contributed by atoms with Crippen LogP contribution in [0.1, 0.15) is 36.8 Å². The molecule has 1 saturated carbocycles. The number of hydrogen-bond acceptors (Lipinski definition) is 3. The molecule has 0 heterocycles. The van der Waals surface area contributed by atoms with E-state index >= 15 is 0 Å². The van der Waals surface area contributed by atoms with Crippen molar-refractivity contribution in [1.29, 1.82) is 0 Å². The van der Waals surface area contributed by atoms with Gasteiger partial charge in [-0.05, 0) is 29.9 Å². The first kappa shape index (κ1) is 14.5. The maximum atomic E-state index is 12.0. The predicted octanol–water partition coefficient (Wildman–Crippen LogP) is 1.75. The normalized spacial score (nSPS) is 15.6. The quantitative estimate of drug-likeness (QED) is 0.714. The molecule has 5 heteroatoms. The molecule has 0 atom stereocenters. The zero-order chi connectivity index (χ0) is 13.7. The molecule has 1 aromatic rings. The summed E-state index contributed by atoms with van der Waals surface area (Å²) in [6.07, 6.45) is 4.71. The van der Waals surface area contributed by atoms with Crippen molar-refractivity contribution in [3.05, 3.63) is 35.4 Å². The summed E-state index contributed by atoms with van der Waals surface area (Å²) < 4.78 is 26.6. The zero-order valence-electron chi connectivity index (χ0n) is 11.1. The van der Waals surface area contributed by atoms with Crippen LogP contribution < -0.4 is 10.5 Å². The molecular formula is C14H22N2O2S. The molecular weight excluding hydrogens is 260 g/mol. The fraction of sp³-hybridized carbons (Fsp3) is 0.571. The van der Waals surface area contributed by atoms with Crippen LogP contribution in [0.25, 0.3) is 0 Å². The van der Waals surface area contributed by atoms with Crippen LogP contribution in [0.4, 0.5) is 0 Å². The number of sulfonamides is 1. The smallest absolute Gasteiger partial charge is 0.215 e. The average Bonchev–Trinajstić information content (AvgIpc) is 3.19. The standard InChI is InChI=1S/C14H22N2O2S/c15-10-13-5-1-2-6-14(13)11-19(17,18)16-9-3-4-12-7-8-12/h1-2,5-6,12,16H,3-4,7-11,15H2. The molecule has 2 rings (SSSR count). The SMILES string of the molecule is NCc1ccccc1CS(=O)(=O)NCCCC1CC1. The van der Waals surface area contributed by atoms with E-state index in [0.717, 1.165) is 29.9 Å². The molecule has 0 saturated heterocycles. The van der Waals surface area contributed by atoms with Crippen LogP contribution in [0.3, 0.4) is 0 Å². The van der Waals surface area contributed by atoms with E-state index in [0.29, 0.717) is 13.1 Å². The lowest BCUT2D eigenvalue weighted by atomic mass is 10.1. The molecule has 3 N–H and O–H groups in total. The number of rotatable bonds is 8. The molecule has 1 aliphatic carbocycles. The lowest BCUT2D eigenvalue weighted by molar-refractivity contribution is 0.571. The van der Waals surface area contributed by atoms with Gasteiger partial charge in [0.1, 0.15) is 0 Å². The van der Waals surface area contributed by atoms with Crippen molar-refractivity contribution in [2.45, 2.75) is 38.0 Å². The molecule has 19 heavy (non-hydrogen) atoms. The summed E-state index contributed by atoms with van der Waals surface area (Å²) >= 11 is 0. The van der Waals surface area contributed by atoms with Gasteiger partial charge in [-0.1, -0.05) is 37.1 Å². The van der Waals surface area contributed by atoms with E-state index in [-0.39, 0.29) is 5.75 Å². The highest BCUT2D eigenvalue weighted by atomic mass is 32.2. The van der Waals surface area contributed by atoms with Gasteiger partial charge in [0.25, 0.3) is 0 Å². The van der Waals surface area contributed by atoms with Gasteiger partial charge in [-0.2, -0.15) is 0 Å². The highest BCUT2D eigenvalue weighted by molar-refractivity contribution is 7.88. The molecule has 0 amide bonds. The van der Waals surface area contributed by atoms with Crippen LogP contribution in [-0.4, -0.2) is 15.0 Å². The Bertz CT molecular complexity index is 510. The van der Waals surface area contributed by atoms with E-state index in [2.05, 4.69) is 4.72 Å². The van der Waals surface area contributed by atoms with Crippen molar-refractivity contribution in [2.24, 2.45) is 11.7 Å². The van der Waals surface area contributed by atoms with Crippen molar-refractivity contribution in [3.63, 3.8) is 0 Å². The first-order valence-electron chi connectivity index (χ1n) is 6.85. The third-order valence-corrected chi connectivity index (χ3v) is 4.83. The van der Waals surface area contributed by atoms with Crippen LogP contribution in [0.2, 0.25) is 0 Å². The van der Waals surface area contributed by atoms with Crippen molar-refractivity contribution in [2.75, 3.05) is 6.54 Å². The Kier molecular flexibility index (Phi) is 4.96. The number of nitrogens with one attached hydrogen (secondary N) is 1. The summed E-state index contributed by atoms with van der Waals surface area (Å²) in [6.45, 7) is 0.914. The third kappa shape index (κ3) is 4.93. The van der Waals surface area contributed by atoms with Crippen LogP contribution in [0, 0.1) is 5.92 Å². The molecule has 0 unspecified atom stereocenters. The Balaban J connectivity index is 1.84. The minimum absolute atomic E-state index is 0.0177. The van der Waals surface area contributed by atoms with Crippen LogP contribution in [-0.2, 0) is 22.3 Å². The van der Waals surface area contributed by atoms with Gasteiger partial charge < -0.3 is 5.73 Å². The number of nitrogens with two attached hydrogens (primary N) is 1. The lowest BCUT2D eigenvalue weighted by Crippen LogP contribution is -2.26. The fourth-order valence-electron chi connectivity index (χ4n) is 2.18. The Morgan fingerprint density at radius 1 is 1.21 bits per heavy atom. The van der Waals surface area contributed by atoms with Crippen LogP contribution in [0.5, 0.6) is 0 Å². The van der Waals surface area contributed by atoms with Gasteiger partial charge in [-0.3, -0.25) is 0 Å². The second-order valence-corrected chi connectivity index (χ2v) is 7.02. The molecule has 0 spiro atoms. The monoisotopic (exact) mass is 282 g/mol. The van der Waals surface area contributed by atoms with Crippen LogP contribution in [0.15, 0.2) is 24.3 Å². The second kappa shape index (κ2) is 6.50. The van der Waals surface area contributed by atoms with E-state index in [9.17, 15) is 8.42 Å². The molecule has 0 radical (unpaired) electrons. The van der Waals surface area contributed by atoms with Gasteiger partial charge in [0, 0.05) is 13.1 Å². The third-order valence-electron chi connectivity index (χ3n) is 3.49. The van der Waals surface area contributed by atoms with E-state index in [1.807, 2.05) is 24.3 Å². The van der Waals surface area contributed by atoms with Crippen molar-refractivity contribution in [3.8, 4) is 0 Å². The van der Waals surface area contributed by atoms with E-state index in [1.165, 1.54) is 12.8 Å². The molecule has 0 aromatic heterocycles. The van der Waals surface area contributed by atoms with Crippen molar-refractivity contribution < 1.29 is 8.42 Å². The van der Waals surface area contributed by atoms with Gasteiger partial charge in [-0.15, -0.1) is 0 Å². The lowest BCUT2D eigenvalue weighted by Gasteiger charge is -2.09. The van der Waals surface area contributed by atoms with Crippen LogP contribution >= 0.6 is 0 Å². The number of hydrogen-bond donors (Lipinski definition) is 2. The largest absolute Gasteiger partial charge is 0.326 e. The summed E-state index contributed by atoms with van der Waals surface area (Å²) in [5, 5.41) is 0. The van der Waals surface area contributed by atoms with Gasteiger partial charge in [0.2, 0.25) is 10.0 Å². The highest BCUT2D eigenvalue weighted by Gasteiger charge is 2.20. The van der Waals surface area contributed by atoms with Gasteiger partial charge in [0.05, 0.1) is 5.75 Å². The maximum Gasteiger partial charge on any atom is 0.215 e. The fourth-order valence-corrected chi connectivity index (χ4v) is 3.43. The van der Waals surface area contributed by atoms with E-state index < -0.39 is 10.0 Å². The molecule has 1 aromatic carbocycles. The molecule has 0 aliphatic heterocycles. The Morgan fingerprint density at radius 3 is 2.53 bits per heavy atom. The summed E-state index contributed by atoms with van der Waals surface area (Å²) in [5.41, 5.74) is 7.30. The summed E-state index contributed by atoms with van der Waals surface area (Å²) in [7, 11) is -3.25. The van der Waals surface area contributed by atoms with Crippen molar-refractivity contribution in [1.82, 2.24) is 4.72 Å². The Morgan fingerprint density at radius 2 is 1.89 bits per heavy atom. The minimum atomic E-state index is -3.25. The second-order valence-electron chi connectivity index (χ2n) is 5.21. The molecule has 4 nitrogen and oxygen atoms in total. The predicted molar refractivity (Wildman–Crippen MR) is 76.9 cm³/mol. The van der Waals surface area contributed by atoms with Gasteiger partial charge >= 0.3 is 0 Å². The molecule has 1 aliphatic rings. The molecule has 0 bridgehead atoms. The maximum absolute atomic E-state index is 12.0. The Labute approximate surface area is 115 Å². The first-order chi connectivity index (χ1) is 9.11. The molecule has 1 fully saturated rings. The highest BCUT2D eigenvalue weighted by Crippen LogP contribution is 2.33. The number of benzene rings is 1. The zero-order valence-corrected chi connectivity index (χ0v) is 12.0. The van der Waals surface area contributed by atoms with E-state index in [1.54, 1.807) is 0 Å². The minimum Gasteiger partial charge on any atom is -0.326 e. The topological polar surface area (TPSA) is 72.2 Å². The average molecular weight is 282 g/mol. The summed E-state index contributed by atoms with van der Waals surface area (Å²) in [4.78, 5) is 0. The Hall–Kier alpha value is -0.910.